The Bertz CT molecular complexity index is 885. The van der Waals surface area contributed by atoms with Crippen LogP contribution in [0.15, 0.2) is 42.5 Å². The van der Waals surface area contributed by atoms with E-state index in [1.165, 1.54) is 6.07 Å². The number of nitrogens with zero attached hydrogens (tertiary/aromatic N) is 2. The predicted octanol–water partition coefficient (Wildman–Crippen LogP) is 4.67. The van der Waals surface area contributed by atoms with Crippen molar-refractivity contribution >= 4 is 5.91 Å². The van der Waals surface area contributed by atoms with Crippen molar-refractivity contribution in [2.24, 2.45) is 0 Å². The van der Waals surface area contributed by atoms with Crippen molar-refractivity contribution in [2.45, 2.75) is 38.5 Å². The molecule has 0 aliphatic carbocycles. The molecule has 0 saturated carbocycles. The number of nitriles is 1. The van der Waals surface area contributed by atoms with Crippen LogP contribution in [0.4, 0.5) is 8.78 Å². The Morgan fingerprint density at radius 1 is 1.31 bits per heavy atom. The molecule has 1 fully saturated rings. The summed E-state index contributed by atoms with van der Waals surface area (Å²) in [5.41, 5.74) is 10.4. The number of carbonyl (C=O) groups is 1. The number of aryl methyl sites for hydroxylation is 1. The van der Waals surface area contributed by atoms with Crippen LogP contribution in [0.1, 0.15) is 18.1 Å². The van der Waals surface area contributed by atoms with Crippen LogP contribution in [0, 0.1) is 31.0 Å². The summed E-state index contributed by atoms with van der Waals surface area (Å²) in [7, 11) is 0. The van der Waals surface area contributed by atoms with E-state index in [1.807, 2.05) is 25.1 Å². The maximum atomic E-state index is 15.1. The van der Waals surface area contributed by atoms with E-state index in [-0.39, 0.29) is 32.8 Å². The van der Waals surface area contributed by atoms with Crippen molar-refractivity contribution in [1.29, 1.82) is 5.26 Å². The van der Waals surface area contributed by atoms with Crippen LogP contribution in [0.5, 0.6) is 0 Å². The molecule has 7 heteroatoms. The fraction of sp³-hybridized carbons (Fsp3) is 0.318. The van der Waals surface area contributed by atoms with Crippen molar-refractivity contribution in [2.75, 3.05) is 6.54 Å². The second kappa shape index (κ2) is 11.1. The quantitative estimate of drug-likeness (QED) is 0.396. The molecule has 2 aromatic carbocycles. The summed E-state index contributed by atoms with van der Waals surface area (Å²) in [5.74, 6) is -1.33. The number of hydrogen-bond donors (Lipinski definition) is 0. The average Bonchev–Trinajstić information content (AvgIpc) is 2.99. The number of benzene rings is 2. The van der Waals surface area contributed by atoms with Gasteiger partial charge in [0.25, 0.3) is 0 Å². The van der Waals surface area contributed by atoms with Crippen LogP contribution < -0.4 is 0 Å². The zero-order valence-electron chi connectivity index (χ0n) is 16.3. The molecule has 1 N–H and O–H groups in total. The van der Waals surface area contributed by atoms with Gasteiger partial charge in [0, 0.05) is 11.6 Å². The largest absolute Gasteiger partial charge is 4.00 e. The van der Waals surface area contributed by atoms with Crippen LogP contribution in [0.2, 0.25) is 0 Å². The Kier molecular flexibility index (Phi) is 9.57. The molecule has 4 nitrogen and oxygen atoms in total. The Morgan fingerprint density at radius 3 is 2.59 bits per heavy atom. The molecule has 0 spiro atoms. The van der Waals surface area contributed by atoms with Gasteiger partial charge in [-0.2, -0.15) is 12.2 Å². The van der Waals surface area contributed by atoms with E-state index >= 15 is 4.39 Å². The summed E-state index contributed by atoms with van der Waals surface area (Å²) in [4.78, 5) is 12.8. The smallest absolute Gasteiger partial charge is 0.671 e. The molecule has 0 bridgehead atoms. The first-order chi connectivity index (χ1) is 13.4. The predicted molar refractivity (Wildman–Crippen MR) is 105 cm³/mol. The zero-order valence-corrected chi connectivity index (χ0v) is 18.8. The van der Waals surface area contributed by atoms with E-state index in [1.54, 1.807) is 31.2 Å². The molecule has 0 aromatic heterocycles. The number of carbonyl (C=O) groups excluding carboxylic acids is 1. The first-order valence-corrected chi connectivity index (χ1v) is 9.03. The first kappa shape index (κ1) is 24.9. The van der Waals surface area contributed by atoms with Gasteiger partial charge in [-0.25, -0.2) is 8.78 Å². The maximum Gasteiger partial charge on any atom is 4.00 e. The van der Waals surface area contributed by atoms with Crippen LogP contribution in [-0.2, 0) is 31.0 Å². The fourth-order valence-corrected chi connectivity index (χ4v) is 3.40. The van der Waals surface area contributed by atoms with Crippen molar-refractivity contribution in [3.8, 4) is 17.2 Å². The number of hydrogen-bond acceptors (Lipinski definition) is 2. The normalized spacial score (nSPS) is 20.2. The molecule has 1 amide bonds. The topological polar surface area (TPSA) is 67.9 Å². The molecule has 1 aliphatic heterocycles. The van der Waals surface area contributed by atoms with Crippen molar-refractivity contribution < 1.29 is 33.4 Å². The van der Waals surface area contributed by atoms with Crippen molar-refractivity contribution in [1.82, 2.24) is 4.90 Å². The van der Waals surface area contributed by atoms with E-state index in [0.29, 0.717) is 11.1 Å². The fourth-order valence-electron chi connectivity index (χ4n) is 3.40. The number of likely N-dealkylation sites (tertiary alicyclic amines) is 1. The standard InChI is InChI=1S/C20H18F2N3O.C2H5.Os/c1-12-4-2-5-13(8-12)15-7-3-6-14(19(15)22)9-17-20(24)16(21)11-25(17)18(26)10-23;1-2;/h2-8,16-17,20,24H,9,11H2,1H3;1H2,2H3;/q2*-1;+4/t16-,17-,20-;;/m0../s1. The molecule has 0 unspecified atom stereocenters. The third-order valence-electron chi connectivity index (χ3n) is 4.77. The Hall–Kier alpha value is -2.14. The Morgan fingerprint density at radius 2 is 1.97 bits per heavy atom. The van der Waals surface area contributed by atoms with E-state index < -0.39 is 30.0 Å². The van der Waals surface area contributed by atoms with Gasteiger partial charge in [-0.1, -0.05) is 54.1 Å². The molecule has 1 heterocycles. The van der Waals surface area contributed by atoms with E-state index in [2.05, 4.69) is 6.92 Å². The van der Waals surface area contributed by atoms with Gasteiger partial charge >= 0.3 is 25.7 Å². The average molecular weight is 574 g/mol. The van der Waals surface area contributed by atoms with Crippen LogP contribution in [0.25, 0.3) is 16.9 Å². The summed E-state index contributed by atoms with van der Waals surface area (Å²) >= 11 is 0. The monoisotopic (exact) mass is 575 g/mol. The number of rotatable bonds is 3. The summed E-state index contributed by atoms with van der Waals surface area (Å²) in [6.45, 7) is 6.62. The molecular formula is C22H23F2N3OOs+2. The molecular weight excluding hydrogens is 550 g/mol. The van der Waals surface area contributed by atoms with Gasteiger partial charge in [-0.3, -0.25) is 4.79 Å². The SMILES string of the molecule is Cc1cccc(-c2cccc(C[C@H]3[C@@H]([NH-])[C@@H](F)CN3C(=O)C#N)c2F)c1.[CH2-]C.[Os+4]. The summed E-state index contributed by atoms with van der Waals surface area (Å²) in [6, 6.07) is 11.8. The minimum atomic E-state index is -1.54. The number of nitrogens with one attached hydrogen (secondary N) is 1. The number of amides is 1. The first-order valence-electron chi connectivity index (χ1n) is 9.03. The van der Waals surface area contributed by atoms with E-state index in [9.17, 15) is 9.18 Å². The summed E-state index contributed by atoms with van der Waals surface area (Å²) in [6.07, 6.45) is -1.55. The number of halogens is 2. The van der Waals surface area contributed by atoms with Gasteiger partial charge in [-0.05, 0) is 24.5 Å². The van der Waals surface area contributed by atoms with Crippen molar-refractivity contribution in [3.63, 3.8) is 0 Å². The van der Waals surface area contributed by atoms with Gasteiger partial charge in [0.05, 0.1) is 6.54 Å². The molecule has 29 heavy (non-hydrogen) atoms. The zero-order chi connectivity index (χ0) is 20.8. The molecule has 2 aromatic rings. The Labute approximate surface area is 183 Å². The second-order valence-corrected chi connectivity index (χ2v) is 6.53. The van der Waals surface area contributed by atoms with Crippen LogP contribution >= 0.6 is 0 Å². The molecule has 152 valence electrons. The van der Waals surface area contributed by atoms with Gasteiger partial charge in [0.15, 0.2) is 6.07 Å². The third-order valence-corrected chi connectivity index (χ3v) is 4.77. The molecule has 3 atom stereocenters. The van der Waals surface area contributed by atoms with Crippen LogP contribution in [0.3, 0.4) is 0 Å². The number of alkyl halides is 1. The van der Waals surface area contributed by atoms with Gasteiger partial charge < -0.3 is 17.6 Å². The third kappa shape index (κ3) is 5.47. The van der Waals surface area contributed by atoms with E-state index in [0.717, 1.165) is 16.0 Å². The van der Waals surface area contributed by atoms with Gasteiger partial charge in [0.1, 0.15) is 12.0 Å². The van der Waals surface area contributed by atoms with Gasteiger partial charge in [0.2, 0.25) is 0 Å². The molecule has 1 saturated heterocycles. The van der Waals surface area contributed by atoms with Crippen LogP contribution in [-0.4, -0.2) is 35.6 Å². The summed E-state index contributed by atoms with van der Waals surface area (Å²) < 4.78 is 29.0. The van der Waals surface area contributed by atoms with Gasteiger partial charge in [-0.15, -0.1) is 0 Å². The maximum absolute atomic E-state index is 15.1. The van der Waals surface area contributed by atoms with Crippen molar-refractivity contribution in [3.05, 3.63) is 72.1 Å². The molecule has 1 aliphatic rings. The van der Waals surface area contributed by atoms with E-state index in [4.69, 9.17) is 11.0 Å². The second-order valence-electron chi connectivity index (χ2n) is 6.53. The minimum Gasteiger partial charge on any atom is -0.671 e. The minimum absolute atomic E-state index is 0. The molecule has 0 radical (unpaired) electrons. The molecule has 3 rings (SSSR count). The summed E-state index contributed by atoms with van der Waals surface area (Å²) in [5, 5.41) is 8.83. The Balaban J connectivity index is 0.00000136.